The Labute approximate surface area is 133 Å². The molecule has 3 rings (SSSR count). The number of aryl methyl sites for hydroxylation is 1. The first-order valence-corrected chi connectivity index (χ1v) is 8.22. The zero-order chi connectivity index (χ0) is 15.2. The van der Waals surface area contributed by atoms with Crippen LogP contribution in [0.4, 0.5) is 5.69 Å². The van der Waals surface area contributed by atoms with Crippen molar-refractivity contribution in [2.45, 2.75) is 26.3 Å². The Bertz CT molecular complexity index is 574. The van der Waals surface area contributed by atoms with Crippen molar-refractivity contribution in [3.63, 3.8) is 0 Å². The summed E-state index contributed by atoms with van der Waals surface area (Å²) < 4.78 is 0. The molecule has 0 amide bonds. The molecule has 116 valence electrons. The third-order valence-corrected chi connectivity index (χ3v) is 4.45. The van der Waals surface area contributed by atoms with Gasteiger partial charge in [0.15, 0.2) is 0 Å². The van der Waals surface area contributed by atoms with Crippen LogP contribution in [0.15, 0.2) is 48.7 Å². The molecule has 1 aliphatic heterocycles. The number of hydrogen-bond donors (Lipinski definition) is 1. The van der Waals surface area contributed by atoms with Crippen LogP contribution in [-0.2, 0) is 6.54 Å². The van der Waals surface area contributed by atoms with Crippen LogP contribution in [0, 0.1) is 12.8 Å². The van der Waals surface area contributed by atoms with E-state index in [1.807, 2.05) is 13.1 Å². The molecule has 1 aromatic heterocycles. The molecular weight excluding hydrogens is 270 g/mol. The second-order valence-corrected chi connectivity index (χ2v) is 6.27. The molecule has 0 radical (unpaired) electrons. The lowest BCUT2D eigenvalue weighted by Gasteiger charge is -2.32. The van der Waals surface area contributed by atoms with Gasteiger partial charge in [0, 0.05) is 30.7 Å². The molecule has 22 heavy (non-hydrogen) atoms. The van der Waals surface area contributed by atoms with Crippen molar-refractivity contribution in [3.8, 4) is 0 Å². The maximum atomic E-state index is 4.24. The lowest BCUT2D eigenvalue weighted by Crippen LogP contribution is -2.35. The number of likely N-dealkylation sites (tertiary alicyclic amines) is 1. The highest BCUT2D eigenvalue weighted by Crippen LogP contribution is 2.20. The summed E-state index contributed by atoms with van der Waals surface area (Å²) in [7, 11) is 0. The molecule has 1 fully saturated rings. The van der Waals surface area contributed by atoms with E-state index in [1.165, 1.54) is 37.2 Å². The minimum atomic E-state index is 0.778. The molecule has 0 unspecified atom stereocenters. The third-order valence-electron chi connectivity index (χ3n) is 4.45. The summed E-state index contributed by atoms with van der Waals surface area (Å²) in [5, 5.41) is 3.56. The maximum Gasteiger partial charge on any atom is 0.0393 e. The molecule has 1 aromatic carbocycles. The van der Waals surface area contributed by atoms with Crippen molar-refractivity contribution in [3.05, 3.63) is 59.9 Å². The normalized spacial score (nSPS) is 16.6. The van der Waals surface area contributed by atoms with Gasteiger partial charge in [0.1, 0.15) is 0 Å². The molecular formula is C19H25N3. The number of piperidine rings is 1. The van der Waals surface area contributed by atoms with Crippen molar-refractivity contribution in [1.29, 1.82) is 0 Å². The van der Waals surface area contributed by atoms with E-state index in [4.69, 9.17) is 0 Å². The number of benzene rings is 1. The second-order valence-electron chi connectivity index (χ2n) is 6.27. The molecule has 1 N–H and O–H groups in total. The van der Waals surface area contributed by atoms with Gasteiger partial charge >= 0.3 is 0 Å². The maximum absolute atomic E-state index is 4.24. The van der Waals surface area contributed by atoms with E-state index in [1.54, 1.807) is 0 Å². The van der Waals surface area contributed by atoms with Gasteiger partial charge in [-0.25, -0.2) is 0 Å². The first-order valence-electron chi connectivity index (χ1n) is 8.22. The lowest BCUT2D eigenvalue weighted by molar-refractivity contribution is 0.182. The predicted molar refractivity (Wildman–Crippen MR) is 91.9 cm³/mol. The van der Waals surface area contributed by atoms with Crippen LogP contribution < -0.4 is 5.32 Å². The highest BCUT2D eigenvalue weighted by Gasteiger charge is 2.18. The van der Waals surface area contributed by atoms with Crippen LogP contribution in [0.3, 0.4) is 0 Å². The zero-order valence-corrected chi connectivity index (χ0v) is 13.3. The number of hydrogen-bond acceptors (Lipinski definition) is 3. The first kappa shape index (κ1) is 15.0. The average molecular weight is 295 g/mol. The second kappa shape index (κ2) is 7.41. The topological polar surface area (TPSA) is 28.2 Å². The van der Waals surface area contributed by atoms with Crippen molar-refractivity contribution >= 4 is 5.69 Å². The summed E-state index contributed by atoms with van der Waals surface area (Å²) in [5.74, 6) is 0.778. The molecule has 3 heteroatoms. The standard InChI is InChI=1S/C19H25N3/c1-16-13-19(7-10-20-16)21-14-17-8-11-22(12-9-17)15-18-5-3-2-4-6-18/h2-7,10,13,17H,8-9,11-12,14-15H2,1H3,(H,20,21). The fourth-order valence-electron chi connectivity index (χ4n) is 3.11. The summed E-state index contributed by atoms with van der Waals surface area (Å²) in [5.41, 5.74) is 3.69. The van der Waals surface area contributed by atoms with Gasteiger partial charge in [0.25, 0.3) is 0 Å². The van der Waals surface area contributed by atoms with Gasteiger partial charge in [-0.3, -0.25) is 9.88 Å². The number of rotatable bonds is 5. The average Bonchev–Trinajstić information content (AvgIpc) is 2.55. The molecule has 0 aliphatic carbocycles. The van der Waals surface area contributed by atoms with Crippen LogP contribution in [0.5, 0.6) is 0 Å². The van der Waals surface area contributed by atoms with E-state index in [-0.39, 0.29) is 0 Å². The number of nitrogens with one attached hydrogen (secondary N) is 1. The molecule has 0 bridgehead atoms. The van der Waals surface area contributed by atoms with E-state index in [0.29, 0.717) is 0 Å². The highest BCUT2D eigenvalue weighted by molar-refractivity contribution is 5.42. The Morgan fingerprint density at radius 1 is 1.14 bits per heavy atom. The fourth-order valence-corrected chi connectivity index (χ4v) is 3.11. The summed E-state index contributed by atoms with van der Waals surface area (Å²) in [6.45, 7) is 6.60. The van der Waals surface area contributed by atoms with Gasteiger partial charge in [-0.05, 0) is 56.5 Å². The predicted octanol–water partition coefficient (Wildman–Crippen LogP) is 3.71. The Morgan fingerprint density at radius 2 is 1.91 bits per heavy atom. The lowest BCUT2D eigenvalue weighted by atomic mass is 9.96. The molecule has 2 heterocycles. The van der Waals surface area contributed by atoms with Gasteiger partial charge in [-0.2, -0.15) is 0 Å². The number of nitrogens with zero attached hydrogens (tertiary/aromatic N) is 2. The summed E-state index contributed by atoms with van der Waals surface area (Å²) in [6.07, 6.45) is 4.44. The van der Waals surface area contributed by atoms with Crippen LogP contribution in [-0.4, -0.2) is 29.5 Å². The van der Waals surface area contributed by atoms with Gasteiger partial charge in [-0.1, -0.05) is 30.3 Å². The van der Waals surface area contributed by atoms with Crippen LogP contribution >= 0.6 is 0 Å². The quantitative estimate of drug-likeness (QED) is 0.911. The van der Waals surface area contributed by atoms with Gasteiger partial charge in [0.2, 0.25) is 0 Å². The Balaban J connectivity index is 1.42. The third kappa shape index (κ3) is 4.31. The van der Waals surface area contributed by atoms with Crippen molar-refractivity contribution < 1.29 is 0 Å². The molecule has 0 atom stereocenters. The summed E-state index contributed by atoms with van der Waals surface area (Å²) in [6, 6.07) is 15.0. The summed E-state index contributed by atoms with van der Waals surface area (Å²) >= 11 is 0. The zero-order valence-electron chi connectivity index (χ0n) is 13.3. The van der Waals surface area contributed by atoms with Crippen molar-refractivity contribution in [1.82, 2.24) is 9.88 Å². The van der Waals surface area contributed by atoms with E-state index < -0.39 is 0 Å². The van der Waals surface area contributed by atoms with Gasteiger partial charge in [-0.15, -0.1) is 0 Å². The fraction of sp³-hybridized carbons (Fsp3) is 0.421. The van der Waals surface area contributed by atoms with Crippen molar-refractivity contribution in [2.75, 3.05) is 25.0 Å². The van der Waals surface area contributed by atoms with E-state index in [9.17, 15) is 0 Å². The molecule has 0 saturated carbocycles. The largest absolute Gasteiger partial charge is 0.385 e. The van der Waals surface area contributed by atoms with E-state index in [2.05, 4.69) is 57.7 Å². The number of pyridine rings is 1. The Hall–Kier alpha value is -1.87. The monoisotopic (exact) mass is 295 g/mol. The van der Waals surface area contributed by atoms with Crippen molar-refractivity contribution in [2.24, 2.45) is 5.92 Å². The minimum Gasteiger partial charge on any atom is -0.385 e. The minimum absolute atomic E-state index is 0.778. The van der Waals surface area contributed by atoms with Gasteiger partial charge < -0.3 is 5.32 Å². The Kier molecular flexibility index (Phi) is 5.07. The highest BCUT2D eigenvalue weighted by atomic mass is 15.1. The SMILES string of the molecule is Cc1cc(NCC2CCN(Cc3ccccc3)CC2)ccn1. The van der Waals surface area contributed by atoms with E-state index >= 15 is 0 Å². The first-order chi connectivity index (χ1) is 10.8. The molecule has 3 nitrogen and oxygen atoms in total. The van der Waals surface area contributed by atoms with Gasteiger partial charge in [0.05, 0.1) is 0 Å². The molecule has 1 aliphatic rings. The summed E-state index contributed by atoms with van der Waals surface area (Å²) in [4.78, 5) is 6.81. The van der Waals surface area contributed by atoms with Crippen LogP contribution in [0.2, 0.25) is 0 Å². The van der Waals surface area contributed by atoms with Crippen LogP contribution in [0.25, 0.3) is 0 Å². The van der Waals surface area contributed by atoms with Crippen LogP contribution in [0.1, 0.15) is 24.1 Å². The molecule has 0 spiro atoms. The molecule has 1 saturated heterocycles. The Morgan fingerprint density at radius 3 is 2.64 bits per heavy atom. The smallest absolute Gasteiger partial charge is 0.0393 e. The number of anilines is 1. The number of aromatic nitrogens is 1. The molecule has 2 aromatic rings. The van der Waals surface area contributed by atoms with E-state index in [0.717, 1.165) is 24.7 Å².